The van der Waals surface area contributed by atoms with Crippen molar-refractivity contribution in [2.45, 2.75) is 26.2 Å². The van der Waals surface area contributed by atoms with Gasteiger partial charge in [-0.15, -0.1) is 0 Å². The molecular weight excluding hydrogens is 395 g/mol. The van der Waals surface area contributed by atoms with Gasteiger partial charge in [-0.05, 0) is 19.1 Å². The summed E-state index contributed by atoms with van der Waals surface area (Å²) in [6, 6.07) is 7.08. The maximum absolute atomic E-state index is 12.9. The second-order valence-electron chi connectivity index (χ2n) is 6.33. The maximum Gasteiger partial charge on any atom is 0.451 e. The number of para-hydroxylation sites is 1. The van der Waals surface area contributed by atoms with Crippen LogP contribution in [0.15, 0.2) is 36.7 Å². The Hall–Kier alpha value is -2.94. The zero-order chi connectivity index (χ0) is 20.1. The normalized spacial score (nSPS) is 13.7. The second kappa shape index (κ2) is 6.59. The van der Waals surface area contributed by atoms with Gasteiger partial charge in [0.1, 0.15) is 0 Å². The average molecular weight is 408 g/mol. The van der Waals surface area contributed by atoms with Crippen LogP contribution in [0.4, 0.5) is 13.2 Å². The van der Waals surface area contributed by atoms with Crippen molar-refractivity contribution in [3.63, 3.8) is 0 Å². The van der Waals surface area contributed by atoms with Gasteiger partial charge in [-0.25, -0.2) is 14.6 Å². The molecule has 0 radical (unpaired) electrons. The molecule has 4 rings (SSSR count). The fraction of sp³-hybridized carbons (Fsp3) is 0.222. The van der Waals surface area contributed by atoms with Crippen molar-refractivity contribution in [1.29, 1.82) is 0 Å². The van der Waals surface area contributed by atoms with Crippen LogP contribution in [0.2, 0.25) is 5.02 Å². The second-order valence-corrected chi connectivity index (χ2v) is 6.74. The fourth-order valence-electron chi connectivity index (χ4n) is 3.09. The van der Waals surface area contributed by atoms with Crippen LogP contribution >= 0.6 is 11.6 Å². The summed E-state index contributed by atoms with van der Waals surface area (Å²) in [4.78, 5) is 21.3. The number of benzene rings is 1. The van der Waals surface area contributed by atoms with Crippen molar-refractivity contribution < 1.29 is 18.0 Å². The zero-order valence-electron chi connectivity index (χ0n) is 14.5. The minimum atomic E-state index is -4.63. The number of carbonyl (C=O) groups excluding carboxylic acids is 1. The van der Waals surface area contributed by atoms with E-state index in [0.29, 0.717) is 27.5 Å². The molecule has 0 saturated heterocycles. The Kier molecular flexibility index (Phi) is 4.34. The predicted octanol–water partition coefficient (Wildman–Crippen LogP) is 3.80. The third-order valence-electron chi connectivity index (χ3n) is 4.52. The van der Waals surface area contributed by atoms with E-state index in [9.17, 15) is 18.0 Å². The van der Waals surface area contributed by atoms with Crippen LogP contribution in [-0.2, 0) is 19.3 Å². The molecule has 2 aromatic heterocycles. The molecule has 6 nitrogen and oxygen atoms in total. The molecule has 1 aliphatic heterocycles. The van der Waals surface area contributed by atoms with Crippen molar-refractivity contribution in [2.75, 3.05) is 0 Å². The summed E-state index contributed by atoms with van der Waals surface area (Å²) in [5.41, 5.74) is 2.25. The lowest BCUT2D eigenvalue weighted by Gasteiger charge is -2.15. The van der Waals surface area contributed by atoms with Crippen LogP contribution in [0.1, 0.15) is 33.1 Å². The highest BCUT2D eigenvalue weighted by molar-refractivity contribution is 6.32. The highest BCUT2D eigenvalue weighted by Gasteiger charge is 2.37. The van der Waals surface area contributed by atoms with Gasteiger partial charge in [0, 0.05) is 18.3 Å². The van der Waals surface area contributed by atoms with Gasteiger partial charge in [0.25, 0.3) is 5.91 Å². The number of rotatable bonds is 2. The van der Waals surface area contributed by atoms with Crippen LogP contribution < -0.4 is 0 Å². The molecule has 0 saturated carbocycles. The summed E-state index contributed by atoms with van der Waals surface area (Å²) in [6.07, 6.45) is -2.07. The summed E-state index contributed by atoms with van der Waals surface area (Å²) in [5, 5.41) is 4.73. The number of alkyl halides is 3. The molecule has 1 aliphatic rings. The predicted molar refractivity (Wildman–Crippen MR) is 93.9 cm³/mol. The third kappa shape index (κ3) is 3.11. The van der Waals surface area contributed by atoms with Crippen molar-refractivity contribution in [3.05, 3.63) is 70.0 Å². The lowest BCUT2D eigenvalue weighted by molar-refractivity contribution is -0.145. The standard InChI is InChI=1S/C18H13ClF3N5O/c1-10-12(7-24-27(10)15-5-3-2-4-13(15)19)16(28)26-8-11-6-23-17(18(20,21)22)25-14(11)9-26/h2-7H,8-9H2,1H3. The Morgan fingerprint density at radius 3 is 2.64 bits per heavy atom. The first-order valence-electron chi connectivity index (χ1n) is 8.26. The van der Waals surface area contributed by atoms with Gasteiger partial charge >= 0.3 is 6.18 Å². The lowest BCUT2D eigenvalue weighted by Crippen LogP contribution is -2.25. The molecular formula is C18H13ClF3N5O. The van der Waals surface area contributed by atoms with Crippen LogP contribution in [0.3, 0.4) is 0 Å². The van der Waals surface area contributed by atoms with Crippen molar-refractivity contribution in [2.24, 2.45) is 0 Å². The molecule has 0 atom stereocenters. The van der Waals surface area contributed by atoms with Gasteiger partial charge in [0.2, 0.25) is 5.82 Å². The lowest BCUT2D eigenvalue weighted by atomic mass is 10.2. The molecule has 0 spiro atoms. The van der Waals surface area contributed by atoms with Gasteiger partial charge < -0.3 is 4.90 Å². The molecule has 0 aliphatic carbocycles. The molecule has 0 fully saturated rings. The summed E-state index contributed by atoms with van der Waals surface area (Å²) in [5.74, 6) is -1.55. The van der Waals surface area contributed by atoms with Crippen molar-refractivity contribution >= 4 is 17.5 Å². The molecule has 0 bridgehead atoms. The summed E-state index contributed by atoms with van der Waals surface area (Å²) in [6.45, 7) is 1.85. The molecule has 3 heterocycles. The Morgan fingerprint density at radius 1 is 1.18 bits per heavy atom. The van der Waals surface area contributed by atoms with Gasteiger partial charge in [0.15, 0.2) is 0 Å². The molecule has 1 aromatic carbocycles. The maximum atomic E-state index is 12.9. The van der Waals surface area contributed by atoms with Gasteiger partial charge in [-0.1, -0.05) is 23.7 Å². The fourth-order valence-corrected chi connectivity index (χ4v) is 3.31. The van der Waals surface area contributed by atoms with Crippen molar-refractivity contribution in [1.82, 2.24) is 24.6 Å². The molecule has 28 heavy (non-hydrogen) atoms. The monoisotopic (exact) mass is 407 g/mol. The van der Waals surface area contributed by atoms with Gasteiger partial charge in [-0.3, -0.25) is 4.79 Å². The highest BCUT2D eigenvalue weighted by Crippen LogP contribution is 2.30. The number of aromatic nitrogens is 4. The minimum Gasteiger partial charge on any atom is -0.328 e. The van der Waals surface area contributed by atoms with Crippen molar-refractivity contribution in [3.8, 4) is 5.69 Å². The number of hydrogen-bond acceptors (Lipinski definition) is 4. The summed E-state index contributed by atoms with van der Waals surface area (Å²) >= 11 is 6.20. The van der Waals surface area contributed by atoms with E-state index in [1.807, 2.05) is 0 Å². The van der Waals surface area contributed by atoms with Crippen LogP contribution in [0, 0.1) is 6.92 Å². The molecule has 3 aromatic rings. The number of carbonyl (C=O) groups is 1. The first-order chi connectivity index (χ1) is 13.3. The van der Waals surface area contributed by atoms with E-state index in [1.165, 1.54) is 11.1 Å². The Bertz CT molecular complexity index is 1080. The van der Waals surface area contributed by atoms with E-state index >= 15 is 0 Å². The average Bonchev–Trinajstić information content (AvgIpc) is 3.24. The van der Waals surface area contributed by atoms with Crippen LogP contribution in [0.25, 0.3) is 5.69 Å². The Balaban J connectivity index is 1.60. The van der Waals surface area contributed by atoms with E-state index in [1.54, 1.807) is 35.9 Å². The summed E-state index contributed by atoms with van der Waals surface area (Å²) < 4.78 is 40.0. The van der Waals surface area contributed by atoms with E-state index in [2.05, 4.69) is 15.1 Å². The molecule has 10 heteroatoms. The zero-order valence-corrected chi connectivity index (χ0v) is 15.3. The number of fused-ring (bicyclic) bond motifs is 1. The van der Waals surface area contributed by atoms with Gasteiger partial charge in [-0.2, -0.15) is 18.3 Å². The molecule has 144 valence electrons. The van der Waals surface area contributed by atoms with Crippen LogP contribution in [0.5, 0.6) is 0 Å². The molecule has 0 unspecified atom stereocenters. The van der Waals surface area contributed by atoms with E-state index in [4.69, 9.17) is 11.6 Å². The van der Waals surface area contributed by atoms with Gasteiger partial charge in [0.05, 0.1) is 40.4 Å². The largest absolute Gasteiger partial charge is 0.451 e. The number of hydrogen-bond donors (Lipinski definition) is 0. The number of halogens is 4. The Morgan fingerprint density at radius 2 is 1.93 bits per heavy atom. The van der Waals surface area contributed by atoms with E-state index in [-0.39, 0.29) is 24.7 Å². The van der Waals surface area contributed by atoms with E-state index < -0.39 is 12.0 Å². The first kappa shape index (κ1) is 18.4. The Labute approximate surface area is 162 Å². The quantitative estimate of drug-likeness (QED) is 0.648. The summed E-state index contributed by atoms with van der Waals surface area (Å²) in [7, 11) is 0. The van der Waals surface area contributed by atoms with Crippen LogP contribution in [-0.4, -0.2) is 30.6 Å². The first-order valence-corrected chi connectivity index (χ1v) is 8.64. The molecule has 0 N–H and O–H groups in total. The van der Waals surface area contributed by atoms with E-state index in [0.717, 1.165) is 6.20 Å². The smallest absolute Gasteiger partial charge is 0.328 e. The SMILES string of the molecule is Cc1c(C(=O)N2Cc3cnc(C(F)(F)F)nc3C2)cnn1-c1ccccc1Cl. The molecule has 1 amide bonds. The third-order valence-corrected chi connectivity index (χ3v) is 4.84. The topological polar surface area (TPSA) is 63.9 Å². The number of nitrogens with zero attached hydrogens (tertiary/aromatic N) is 5. The number of amides is 1. The highest BCUT2D eigenvalue weighted by atomic mass is 35.5. The minimum absolute atomic E-state index is 0.0174.